The minimum atomic E-state index is 0.204. The molecule has 0 unspecified atom stereocenters. The van der Waals surface area contributed by atoms with Gasteiger partial charge in [0, 0.05) is 0 Å². The zero-order valence-electron chi connectivity index (χ0n) is 43.9. The van der Waals surface area contributed by atoms with Crippen LogP contribution in [-0.2, 0) is 0 Å². The standard InChI is InChI=1S/C78H54O2/c79-65-49-45-63(46-50-65)77-73(59-37-21-7-22-38-59)69(55-29-13-3-14-30-55)67(53-25-9-1-10-26-53)71(57-33-17-5-18-34-57)75(77)61-41-43-62(44-42-61)76-72(58-35-19-6-20-36-58)68(54-27-11-2-12-28-54)70(56-31-15-4-16-32-56)74(60-39-23-8-24-40-60)78(76)64-47-51-66(80)52-48-64/h1-52,79-80H. The van der Waals surface area contributed by atoms with Crippen molar-refractivity contribution in [1.29, 1.82) is 0 Å². The van der Waals surface area contributed by atoms with Gasteiger partial charge in [-0.2, -0.15) is 0 Å². The van der Waals surface area contributed by atoms with Crippen molar-refractivity contribution in [3.8, 4) is 145 Å². The van der Waals surface area contributed by atoms with Gasteiger partial charge in [0.1, 0.15) is 11.5 Å². The fourth-order valence-electron chi connectivity index (χ4n) is 11.9. The molecule has 2 N–H and O–H groups in total. The Bertz CT molecular complexity index is 3960. The molecule has 13 aromatic carbocycles. The molecule has 0 aliphatic carbocycles. The summed E-state index contributed by atoms with van der Waals surface area (Å²) >= 11 is 0. The molecule has 0 fully saturated rings. The largest absolute Gasteiger partial charge is 0.508 e. The number of rotatable bonds is 12. The van der Waals surface area contributed by atoms with Gasteiger partial charge in [-0.1, -0.05) is 291 Å². The van der Waals surface area contributed by atoms with Crippen molar-refractivity contribution in [3.05, 3.63) is 315 Å². The van der Waals surface area contributed by atoms with Crippen LogP contribution in [0.15, 0.2) is 315 Å². The summed E-state index contributed by atoms with van der Waals surface area (Å²) in [6.45, 7) is 0. The molecule has 0 radical (unpaired) electrons. The van der Waals surface area contributed by atoms with Gasteiger partial charge in [-0.3, -0.25) is 0 Å². The van der Waals surface area contributed by atoms with E-state index in [0.717, 1.165) is 134 Å². The monoisotopic (exact) mass is 1020 g/mol. The predicted octanol–water partition coefficient (Wildman–Crippen LogP) is 21.1. The van der Waals surface area contributed by atoms with Gasteiger partial charge in [0.05, 0.1) is 0 Å². The van der Waals surface area contributed by atoms with E-state index in [-0.39, 0.29) is 11.5 Å². The van der Waals surface area contributed by atoms with E-state index in [1.807, 2.05) is 0 Å². The Morgan fingerprint density at radius 2 is 0.212 bits per heavy atom. The fraction of sp³-hybridized carbons (Fsp3) is 0. The summed E-state index contributed by atoms with van der Waals surface area (Å²) in [5, 5.41) is 21.9. The van der Waals surface area contributed by atoms with E-state index < -0.39 is 0 Å². The van der Waals surface area contributed by atoms with Crippen molar-refractivity contribution in [2.45, 2.75) is 0 Å². The molecule has 378 valence electrons. The highest BCUT2D eigenvalue weighted by atomic mass is 16.3. The SMILES string of the molecule is Oc1ccc(-c2c(-c3ccccc3)c(-c3ccccc3)c(-c3ccccc3)c(-c3ccccc3)c2-c2ccc(-c3c(-c4ccccc4)c(-c4ccccc4)c(-c4ccccc4)c(-c4ccccc4)c3-c3ccc(O)cc3)cc2)cc1. The van der Waals surface area contributed by atoms with Gasteiger partial charge >= 0.3 is 0 Å². The predicted molar refractivity (Wildman–Crippen MR) is 335 cm³/mol. The summed E-state index contributed by atoms with van der Waals surface area (Å²) in [5.41, 5.74) is 25.9. The van der Waals surface area contributed by atoms with E-state index in [0.29, 0.717) is 0 Å². The van der Waals surface area contributed by atoms with Crippen LogP contribution >= 0.6 is 0 Å². The third-order valence-electron chi connectivity index (χ3n) is 15.3. The van der Waals surface area contributed by atoms with Crippen molar-refractivity contribution in [3.63, 3.8) is 0 Å². The lowest BCUT2D eigenvalue weighted by Gasteiger charge is -2.29. The van der Waals surface area contributed by atoms with Gasteiger partial charge in [0.2, 0.25) is 0 Å². The lowest BCUT2D eigenvalue weighted by molar-refractivity contribution is 0.475. The Labute approximate surface area is 468 Å². The Hall–Kier alpha value is -10.5. The summed E-state index contributed by atoms with van der Waals surface area (Å²) in [7, 11) is 0. The number of aromatic hydroxyl groups is 2. The molecule has 0 aliphatic heterocycles. The molecule has 0 aromatic heterocycles. The first-order valence-electron chi connectivity index (χ1n) is 27.2. The Balaban J connectivity index is 1.21. The maximum absolute atomic E-state index is 10.9. The maximum atomic E-state index is 10.9. The van der Waals surface area contributed by atoms with Crippen molar-refractivity contribution in [2.75, 3.05) is 0 Å². The van der Waals surface area contributed by atoms with Crippen LogP contribution in [0.2, 0.25) is 0 Å². The molecule has 0 saturated heterocycles. The summed E-state index contributed by atoms with van der Waals surface area (Å²) in [6.07, 6.45) is 0. The van der Waals surface area contributed by atoms with E-state index in [4.69, 9.17) is 0 Å². The van der Waals surface area contributed by atoms with Crippen LogP contribution in [0.5, 0.6) is 11.5 Å². The van der Waals surface area contributed by atoms with Crippen LogP contribution in [-0.4, -0.2) is 10.2 Å². The van der Waals surface area contributed by atoms with E-state index >= 15 is 0 Å². The molecule has 2 nitrogen and oxygen atoms in total. The first-order chi connectivity index (χ1) is 39.6. The van der Waals surface area contributed by atoms with Crippen molar-refractivity contribution in [1.82, 2.24) is 0 Å². The van der Waals surface area contributed by atoms with Gasteiger partial charge in [0.15, 0.2) is 0 Å². The highest BCUT2D eigenvalue weighted by Crippen LogP contribution is 2.59. The molecule has 13 aromatic rings. The van der Waals surface area contributed by atoms with Crippen LogP contribution in [0.1, 0.15) is 0 Å². The van der Waals surface area contributed by atoms with Crippen molar-refractivity contribution in [2.24, 2.45) is 0 Å². The molecule has 2 heteroatoms. The molecule has 0 bridgehead atoms. The first-order valence-corrected chi connectivity index (χ1v) is 27.2. The molecular weight excluding hydrogens is 969 g/mol. The second kappa shape index (κ2) is 21.8. The number of phenols is 2. The number of hydrogen-bond acceptors (Lipinski definition) is 2. The minimum absolute atomic E-state index is 0.204. The van der Waals surface area contributed by atoms with E-state index in [9.17, 15) is 10.2 Å². The number of benzene rings is 13. The van der Waals surface area contributed by atoms with Gasteiger partial charge in [-0.15, -0.1) is 0 Å². The average Bonchev–Trinajstić information content (AvgIpc) is 3.73. The normalized spacial score (nSPS) is 11.1. The van der Waals surface area contributed by atoms with Crippen LogP contribution in [0, 0.1) is 0 Å². The molecular formula is C78H54O2. The molecule has 0 spiro atoms. The molecule has 0 atom stereocenters. The lowest BCUT2D eigenvalue weighted by atomic mass is 9.73. The highest BCUT2D eigenvalue weighted by molar-refractivity contribution is 6.17. The Morgan fingerprint density at radius 1 is 0.113 bits per heavy atom. The van der Waals surface area contributed by atoms with Crippen LogP contribution in [0.4, 0.5) is 0 Å². The van der Waals surface area contributed by atoms with E-state index in [1.165, 1.54) is 0 Å². The van der Waals surface area contributed by atoms with Crippen LogP contribution in [0.3, 0.4) is 0 Å². The van der Waals surface area contributed by atoms with Gasteiger partial charge < -0.3 is 10.2 Å². The van der Waals surface area contributed by atoms with Gasteiger partial charge in [-0.25, -0.2) is 0 Å². The molecule has 80 heavy (non-hydrogen) atoms. The Kier molecular flexibility index (Phi) is 13.4. The zero-order chi connectivity index (χ0) is 53.8. The molecule has 0 aliphatic rings. The fourth-order valence-corrected chi connectivity index (χ4v) is 11.9. The third-order valence-corrected chi connectivity index (χ3v) is 15.3. The quantitative estimate of drug-likeness (QED) is 0.128. The second-order valence-electron chi connectivity index (χ2n) is 20.1. The minimum Gasteiger partial charge on any atom is -0.508 e. The van der Waals surface area contributed by atoms with Gasteiger partial charge in [0.25, 0.3) is 0 Å². The zero-order valence-corrected chi connectivity index (χ0v) is 43.9. The molecule has 0 saturated carbocycles. The maximum Gasteiger partial charge on any atom is 0.115 e. The van der Waals surface area contributed by atoms with Crippen molar-refractivity contribution >= 4 is 0 Å². The van der Waals surface area contributed by atoms with Crippen molar-refractivity contribution < 1.29 is 10.2 Å². The van der Waals surface area contributed by atoms with Crippen LogP contribution < -0.4 is 0 Å². The lowest BCUT2D eigenvalue weighted by Crippen LogP contribution is -2.03. The summed E-state index contributed by atoms with van der Waals surface area (Å²) < 4.78 is 0. The van der Waals surface area contributed by atoms with E-state index in [1.54, 1.807) is 24.3 Å². The number of hydrogen-bond donors (Lipinski definition) is 2. The topological polar surface area (TPSA) is 40.5 Å². The van der Waals surface area contributed by atoms with E-state index in [2.05, 4.69) is 291 Å². The molecule has 13 rings (SSSR count). The molecule has 0 heterocycles. The average molecular weight is 1020 g/mol. The number of phenolic OH excluding ortho intramolecular Hbond substituents is 2. The smallest absolute Gasteiger partial charge is 0.115 e. The Morgan fingerprint density at radius 3 is 0.338 bits per heavy atom. The summed E-state index contributed by atoms with van der Waals surface area (Å²) in [4.78, 5) is 0. The second-order valence-corrected chi connectivity index (χ2v) is 20.1. The third kappa shape index (κ3) is 9.25. The summed E-state index contributed by atoms with van der Waals surface area (Å²) in [6, 6.07) is 111. The first kappa shape index (κ1) is 49.1. The highest BCUT2D eigenvalue weighted by Gasteiger charge is 2.32. The van der Waals surface area contributed by atoms with Crippen LogP contribution in [0.25, 0.3) is 134 Å². The molecule has 0 amide bonds. The summed E-state index contributed by atoms with van der Waals surface area (Å²) in [5.74, 6) is 0.408. The van der Waals surface area contributed by atoms with Gasteiger partial charge in [-0.05, 0) is 158 Å².